The van der Waals surface area contributed by atoms with Gasteiger partial charge in [0.1, 0.15) is 0 Å². The van der Waals surface area contributed by atoms with Crippen LogP contribution >= 0.6 is 27.5 Å². The Morgan fingerprint density at radius 1 is 0.938 bits per heavy atom. The van der Waals surface area contributed by atoms with Crippen molar-refractivity contribution >= 4 is 51.2 Å². The summed E-state index contributed by atoms with van der Waals surface area (Å²) >= 11 is 9.21. The van der Waals surface area contributed by atoms with Crippen molar-refractivity contribution in [2.75, 3.05) is 19.5 Å². The van der Waals surface area contributed by atoms with Crippen molar-refractivity contribution in [1.82, 2.24) is 5.43 Å². The van der Waals surface area contributed by atoms with Gasteiger partial charge in [0.25, 0.3) is 11.8 Å². The highest BCUT2D eigenvalue weighted by atomic mass is 79.9. The summed E-state index contributed by atoms with van der Waals surface area (Å²) in [6.45, 7) is 0. The summed E-state index contributed by atoms with van der Waals surface area (Å²) in [5, 5.41) is 7.33. The average molecular weight is 517 g/mol. The number of hydrogen-bond donors (Lipinski definition) is 2. The van der Waals surface area contributed by atoms with Crippen molar-refractivity contribution < 1.29 is 19.1 Å². The van der Waals surface area contributed by atoms with E-state index in [0.29, 0.717) is 32.2 Å². The number of ether oxygens (including phenoxy) is 2. The van der Waals surface area contributed by atoms with Crippen LogP contribution in [-0.2, 0) is 0 Å². The molecule has 3 aromatic rings. The normalized spacial score (nSPS) is 10.6. The Bertz CT molecular complexity index is 1170. The lowest BCUT2D eigenvalue weighted by Crippen LogP contribution is -2.21. The monoisotopic (exact) mass is 515 g/mol. The first-order valence-electron chi connectivity index (χ1n) is 9.33. The number of carbonyl (C=O) groups excluding carboxylic acids is 2. The minimum Gasteiger partial charge on any atom is -0.493 e. The molecule has 2 N–H and O–H groups in total. The molecule has 0 saturated heterocycles. The van der Waals surface area contributed by atoms with Gasteiger partial charge in [0.05, 0.1) is 31.7 Å². The van der Waals surface area contributed by atoms with Crippen LogP contribution in [0.25, 0.3) is 0 Å². The molecule has 0 fully saturated rings. The number of benzene rings is 3. The Balaban J connectivity index is 1.77. The maximum atomic E-state index is 12.8. The van der Waals surface area contributed by atoms with Crippen LogP contribution in [0, 0.1) is 0 Å². The second-order valence-electron chi connectivity index (χ2n) is 6.46. The molecule has 0 radical (unpaired) electrons. The van der Waals surface area contributed by atoms with Crippen molar-refractivity contribution in [2.45, 2.75) is 0 Å². The van der Waals surface area contributed by atoms with Crippen LogP contribution in [0.4, 0.5) is 5.69 Å². The average Bonchev–Trinajstić information content (AvgIpc) is 2.80. The lowest BCUT2D eigenvalue weighted by Gasteiger charge is -2.12. The topological polar surface area (TPSA) is 89.0 Å². The first-order chi connectivity index (χ1) is 15.4. The van der Waals surface area contributed by atoms with E-state index >= 15 is 0 Å². The van der Waals surface area contributed by atoms with E-state index in [0.717, 1.165) is 5.56 Å². The van der Waals surface area contributed by atoms with Gasteiger partial charge in [-0.15, -0.1) is 0 Å². The van der Waals surface area contributed by atoms with E-state index in [4.69, 9.17) is 21.1 Å². The first kappa shape index (κ1) is 23.3. The third kappa shape index (κ3) is 5.87. The van der Waals surface area contributed by atoms with E-state index in [2.05, 4.69) is 31.8 Å². The van der Waals surface area contributed by atoms with Crippen LogP contribution in [0.2, 0.25) is 5.02 Å². The Morgan fingerprint density at radius 3 is 2.34 bits per heavy atom. The van der Waals surface area contributed by atoms with Gasteiger partial charge in [-0.2, -0.15) is 5.10 Å². The SMILES string of the molecule is COc1ccc(C(=O)Nc2ccc(Br)cc2C(=O)N/N=C/c2ccc(Cl)cc2)cc1OC. The van der Waals surface area contributed by atoms with E-state index in [1.807, 2.05) is 0 Å². The molecule has 32 heavy (non-hydrogen) atoms. The van der Waals surface area contributed by atoms with Crippen LogP contribution in [0.3, 0.4) is 0 Å². The zero-order valence-corrected chi connectivity index (χ0v) is 19.5. The minimum atomic E-state index is -0.487. The Kier molecular flexibility index (Phi) is 7.86. The number of methoxy groups -OCH3 is 2. The highest BCUT2D eigenvalue weighted by Gasteiger charge is 2.16. The number of nitrogens with one attached hydrogen (secondary N) is 2. The standard InChI is InChI=1S/C23H19BrClN3O4/c1-31-20-10-5-15(11-21(20)32-2)22(29)27-19-9-6-16(24)12-18(19)23(30)28-26-13-14-3-7-17(25)8-4-14/h3-13H,1-2H3,(H,27,29)(H,28,30)/b26-13+. The molecule has 0 aliphatic rings. The molecule has 0 aliphatic heterocycles. The Morgan fingerprint density at radius 2 is 1.66 bits per heavy atom. The quantitative estimate of drug-likeness (QED) is 0.336. The van der Waals surface area contributed by atoms with Gasteiger partial charge in [-0.3, -0.25) is 9.59 Å². The fourth-order valence-corrected chi connectivity index (χ4v) is 3.25. The van der Waals surface area contributed by atoms with Gasteiger partial charge in [-0.25, -0.2) is 5.43 Å². The maximum absolute atomic E-state index is 12.8. The molecule has 164 valence electrons. The summed E-state index contributed by atoms with van der Waals surface area (Å²) in [5.41, 5.74) is 4.14. The number of anilines is 1. The number of carbonyl (C=O) groups is 2. The number of hydrazone groups is 1. The van der Waals surface area contributed by atoms with Crippen LogP contribution in [-0.4, -0.2) is 32.2 Å². The van der Waals surface area contributed by atoms with E-state index in [1.165, 1.54) is 20.4 Å². The lowest BCUT2D eigenvalue weighted by molar-refractivity contribution is 0.0956. The number of rotatable bonds is 7. The molecule has 0 aliphatic carbocycles. The van der Waals surface area contributed by atoms with E-state index < -0.39 is 11.8 Å². The molecule has 9 heteroatoms. The molecular weight excluding hydrogens is 498 g/mol. The van der Waals surface area contributed by atoms with Crippen LogP contribution in [0.1, 0.15) is 26.3 Å². The highest BCUT2D eigenvalue weighted by molar-refractivity contribution is 9.10. The fourth-order valence-electron chi connectivity index (χ4n) is 2.76. The van der Waals surface area contributed by atoms with E-state index in [9.17, 15) is 9.59 Å². The van der Waals surface area contributed by atoms with Crippen molar-refractivity contribution in [1.29, 1.82) is 0 Å². The molecule has 0 unspecified atom stereocenters. The lowest BCUT2D eigenvalue weighted by atomic mass is 10.1. The summed E-state index contributed by atoms with van der Waals surface area (Å²) in [6.07, 6.45) is 1.49. The zero-order valence-electron chi connectivity index (χ0n) is 17.2. The largest absolute Gasteiger partial charge is 0.493 e. The Labute approximate surface area is 198 Å². The number of nitrogens with zero attached hydrogens (tertiary/aromatic N) is 1. The summed E-state index contributed by atoms with van der Waals surface area (Å²) < 4.78 is 11.1. The third-order valence-electron chi connectivity index (χ3n) is 4.37. The molecule has 0 aromatic heterocycles. The van der Waals surface area contributed by atoms with Gasteiger partial charge >= 0.3 is 0 Å². The molecule has 0 heterocycles. The number of amides is 2. The van der Waals surface area contributed by atoms with E-state index in [1.54, 1.807) is 60.7 Å². The second kappa shape index (κ2) is 10.8. The molecule has 0 bridgehead atoms. The zero-order chi connectivity index (χ0) is 23.1. The van der Waals surface area contributed by atoms with Crippen molar-refractivity contribution in [3.05, 3.63) is 86.8 Å². The molecule has 3 rings (SSSR count). The smallest absolute Gasteiger partial charge is 0.273 e. The van der Waals surface area contributed by atoms with Gasteiger partial charge in [-0.1, -0.05) is 39.7 Å². The highest BCUT2D eigenvalue weighted by Crippen LogP contribution is 2.28. The van der Waals surface area contributed by atoms with E-state index in [-0.39, 0.29) is 5.56 Å². The maximum Gasteiger partial charge on any atom is 0.273 e. The van der Waals surface area contributed by atoms with Gasteiger partial charge in [0.15, 0.2) is 11.5 Å². The second-order valence-corrected chi connectivity index (χ2v) is 7.82. The summed E-state index contributed by atoms with van der Waals surface area (Å²) in [7, 11) is 3.00. The molecule has 0 saturated carbocycles. The van der Waals surface area contributed by atoms with Gasteiger partial charge < -0.3 is 14.8 Å². The van der Waals surface area contributed by atoms with Gasteiger partial charge in [0, 0.05) is 15.1 Å². The predicted molar refractivity (Wildman–Crippen MR) is 128 cm³/mol. The van der Waals surface area contributed by atoms with Crippen LogP contribution in [0.15, 0.2) is 70.2 Å². The molecule has 0 atom stereocenters. The molecule has 7 nitrogen and oxygen atoms in total. The van der Waals surface area contributed by atoms with Crippen molar-refractivity contribution in [2.24, 2.45) is 5.10 Å². The molecule has 2 amide bonds. The summed E-state index contributed by atoms with van der Waals surface area (Å²) in [6, 6.07) is 16.7. The number of hydrogen-bond acceptors (Lipinski definition) is 5. The minimum absolute atomic E-state index is 0.237. The predicted octanol–water partition coefficient (Wildman–Crippen LogP) is 5.14. The molecule has 0 spiro atoms. The van der Waals surface area contributed by atoms with Crippen molar-refractivity contribution in [3.63, 3.8) is 0 Å². The summed E-state index contributed by atoms with van der Waals surface area (Å²) in [5.74, 6) is 0.0304. The first-order valence-corrected chi connectivity index (χ1v) is 10.5. The van der Waals surface area contributed by atoms with Gasteiger partial charge in [-0.05, 0) is 54.1 Å². The fraction of sp³-hybridized carbons (Fsp3) is 0.0870. The van der Waals surface area contributed by atoms with Crippen LogP contribution in [0.5, 0.6) is 11.5 Å². The van der Waals surface area contributed by atoms with Gasteiger partial charge in [0.2, 0.25) is 0 Å². The summed E-state index contributed by atoms with van der Waals surface area (Å²) in [4.78, 5) is 25.5. The van der Waals surface area contributed by atoms with Crippen molar-refractivity contribution in [3.8, 4) is 11.5 Å². The molecule has 3 aromatic carbocycles. The molecular formula is C23H19BrClN3O4. The third-order valence-corrected chi connectivity index (χ3v) is 5.12. The Hall–Kier alpha value is -3.36. The number of halogens is 2. The van der Waals surface area contributed by atoms with Crippen LogP contribution < -0.4 is 20.2 Å².